The average molecular weight is 409 g/mol. The SMILES string of the molecule is COc1ccc(N2CC(C(=O)Nc3ccc(N4CCN(C)CC4)cc3)CC2=O)cc1. The molecule has 4 rings (SSSR count). The lowest BCUT2D eigenvalue weighted by Crippen LogP contribution is -2.44. The van der Waals surface area contributed by atoms with Gasteiger partial charge in [-0.25, -0.2) is 0 Å². The van der Waals surface area contributed by atoms with Crippen LogP contribution in [-0.4, -0.2) is 63.6 Å². The molecule has 2 aliphatic heterocycles. The third-order valence-electron chi connectivity index (χ3n) is 5.88. The molecular formula is C23H28N4O3. The van der Waals surface area contributed by atoms with E-state index in [-0.39, 0.29) is 24.2 Å². The van der Waals surface area contributed by atoms with E-state index in [9.17, 15) is 9.59 Å². The van der Waals surface area contributed by atoms with Crippen molar-refractivity contribution in [3.63, 3.8) is 0 Å². The molecule has 30 heavy (non-hydrogen) atoms. The number of rotatable bonds is 5. The van der Waals surface area contributed by atoms with Gasteiger partial charge in [0.15, 0.2) is 0 Å². The van der Waals surface area contributed by atoms with Gasteiger partial charge in [0.05, 0.1) is 13.0 Å². The fourth-order valence-electron chi connectivity index (χ4n) is 3.96. The Morgan fingerprint density at radius 3 is 2.23 bits per heavy atom. The average Bonchev–Trinajstić information content (AvgIpc) is 3.17. The highest BCUT2D eigenvalue weighted by Crippen LogP contribution is 2.28. The Labute approximate surface area is 177 Å². The highest BCUT2D eigenvalue weighted by Gasteiger charge is 2.35. The Balaban J connectivity index is 1.35. The first-order valence-corrected chi connectivity index (χ1v) is 10.3. The number of nitrogens with one attached hydrogen (secondary N) is 1. The number of ether oxygens (including phenoxy) is 1. The molecule has 0 aromatic heterocycles. The number of nitrogens with zero attached hydrogens (tertiary/aromatic N) is 3. The molecule has 1 unspecified atom stereocenters. The van der Waals surface area contributed by atoms with Crippen molar-refractivity contribution in [2.45, 2.75) is 6.42 Å². The first kappa shape index (κ1) is 20.2. The standard InChI is InChI=1S/C23H28N4O3/c1-25-11-13-26(14-12-25)19-5-3-18(4-6-19)24-23(29)17-15-22(28)27(16-17)20-7-9-21(30-2)10-8-20/h3-10,17H,11-16H2,1-2H3,(H,24,29). The molecular weight excluding hydrogens is 380 g/mol. The summed E-state index contributed by atoms with van der Waals surface area (Å²) in [5, 5.41) is 2.97. The van der Waals surface area contributed by atoms with Crippen molar-refractivity contribution in [1.29, 1.82) is 0 Å². The number of methoxy groups -OCH3 is 1. The van der Waals surface area contributed by atoms with E-state index in [1.807, 2.05) is 48.5 Å². The number of hydrogen-bond donors (Lipinski definition) is 1. The lowest BCUT2D eigenvalue weighted by molar-refractivity contribution is -0.122. The number of amides is 2. The van der Waals surface area contributed by atoms with Crippen molar-refractivity contribution >= 4 is 28.9 Å². The summed E-state index contributed by atoms with van der Waals surface area (Å²) in [5.74, 6) is 0.217. The van der Waals surface area contributed by atoms with Gasteiger partial charge in [-0.2, -0.15) is 0 Å². The molecule has 2 aromatic rings. The van der Waals surface area contributed by atoms with Gasteiger partial charge in [0, 0.05) is 56.2 Å². The zero-order valence-corrected chi connectivity index (χ0v) is 17.5. The van der Waals surface area contributed by atoms with Crippen LogP contribution < -0.4 is 19.9 Å². The lowest BCUT2D eigenvalue weighted by atomic mass is 10.1. The molecule has 2 fully saturated rings. The third kappa shape index (κ3) is 4.41. The predicted molar refractivity (Wildman–Crippen MR) is 118 cm³/mol. The van der Waals surface area contributed by atoms with E-state index in [1.54, 1.807) is 12.0 Å². The first-order valence-electron chi connectivity index (χ1n) is 10.3. The van der Waals surface area contributed by atoms with Crippen molar-refractivity contribution in [1.82, 2.24) is 4.90 Å². The number of benzene rings is 2. The summed E-state index contributed by atoms with van der Waals surface area (Å²) < 4.78 is 5.16. The molecule has 0 bridgehead atoms. The molecule has 7 nitrogen and oxygen atoms in total. The van der Waals surface area contributed by atoms with Gasteiger partial charge >= 0.3 is 0 Å². The van der Waals surface area contributed by atoms with Gasteiger partial charge in [-0.15, -0.1) is 0 Å². The maximum Gasteiger partial charge on any atom is 0.229 e. The molecule has 0 radical (unpaired) electrons. The van der Waals surface area contributed by atoms with E-state index in [2.05, 4.69) is 22.2 Å². The second-order valence-corrected chi connectivity index (χ2v) is 7.93. The second-order valence-electron chi connectivity index (χ2n) is 7.93. The first-order chi connectivity index (χ1) is 14.5. The molecule has 2 heterocycles. The molecule has 7 heteroatoms. The van der Waals surface area contributed by atoms with Crippen LogP contribution in [0.2, 0.25) is 0 Å². The van der Waals surface area contributed by atoms with Crippen molar-refractivity contribution in [2.24, 2.45) is 5.92 Å². The lowest BCUT2D eigenvalue weighted by Gasteiger charge is -2.34. The molecule has 0 aliphatic carbocycles. The Kier molecular flexibility index (Phi) is 5.90. The Morgan fingerprint density at radius 2 is 1.60 bits per heavy atom. The van der Waals surface area contributed by atoms with Crippen LogP contribution in [0.1, 0.15) is 6.42 Å². The molecule has 0 spiro atoms. The van der Waals surface area contributed by atoms with Gasteiger partial charge in [-0.3, -0.25) is 9.59 Å². The highest BCUT2D eigenvalue weighted by molar-refractivity contribution is 6.03. The van der Waals surface area contributed by atoms with E-state index < -0.39 is 0 Å². The van der Waals surface area contributed by atoms with Crippen LogP contribution in [0.15, 0.2) is 48.5 Å². The molecule has 2 saturated heterocycles. The van der Waals surface area contributed by atoms with Crippen LogP contribution in [0.5, 0.6) is 5.75 Å². The topological polar surface area (TPSA) is 65.1 Å². The van der Waals surface area contributed by atoms with Crippen molar-refractivity contribution < 1.29 is 14.3 Å². The van der Waals surface area contributed by atoms with E-state index in [4.69, 9.17) is 4.74 Å². The summed E-state index contributed by atoms with van der Waals surface area (Å²) in [6, 6.07) is 15.3. The number of carbonyl (C=O) groups excluding carboxylic acids is 2. The molecule has 0 saturated carbocycles. The Hall–Kier alpha value is -3.06. The minimum atomic E-state index is -0.364. The molecule has 2 aromatic carbocycles. The summed E-state index contributed by atoms with van der Waals surface area (Å²) in [5.41, 5.74) is 2.71. The van der Waals surface area contributed by atoms with Crippen molar-refractivity contribution in [2.75, 3.05) is 62.0 Å². The summed E-state index contributed by atoms with van der Waals surface area (Å²) in [4.78, 5) is 31.5. The largest absolute Gasteiger partial charge is 0.497 e. The maximum absolute atomic E-state index is 12.7. The van der Waals surface area contributed by atoms with Crippen LogP contribution in [0, 0.1) is 5.92 Å². The van der Waals surface area contributed by atoms with Gasteiger partial charge < -0.3 is 24.8 Å². The Bertz CT molecular complexity index is 890. The fourth-order valence-corrected chi connectivity index (χ4v) is 3.96. The van der Waals surface area contributed by atoms with Crippen LogP contribution in [0.4, 0.5) is 17.1 Å². The van der Waals surface area contributed by atoms with Crippen molar-refractivity contribution in [3.8, 4) is 5.75 Å². The van der Waals surface area contributed by atoms with Crippen LogP contribution in [0.25, 0.3) is 0 Å². The summed E-state index contributed by atoms with van der Waals surface area (Å²) in [6.07, 6.45) is 0.219. The van der Waals surface area contributed by atoms with Gasteiger partial charge in [0.25, 0.3) is 0 Å². The van der Waals surface area contributed by atoms with E-state index in [0.29, 0.717) is 6.54 Å². The van der Waals surface area contributed by atoms with E-state index in [0.717, 1.165) is 43.3 Å². The predicted octanol–water partition coefficient (Wildman–Crippen LogP) is 2.44. The van der Waals surface area contributed by atoms with Crippen LogP contribution in [-0.2, 0) is 9.59 Å². The third-order valence-corrected chi connectivity index (χ3v) is 5.88. The second kappa shape index (κ2) is 8.75. The zero-order valence-electron chi connectivity index (χ0n) is 17.5. The molecule has 158 valence electrons. The zero-order chi connectivity index (χ0) is 21.1. The minimum Gasteiger partial charge on any atom is -0.497 e. The van der Waals surface area contributed by atoms with Gasteiger partial charge in [-0.1, -0.05) is 0 Å². The van der Waals surface area contributed by atoms with Crippen LogP contribution >= 0.6 is 0 Å². The van der Waals surface area contributed by atoms with Gasteiger partial charge in [0.1, 0.15) is 5.75 Å². The molecule has 2 aliphatic rings. The van der Waals surface area contributed by atoms with Crippen LogP contribution in [0.3, 0.4) is 0 Å². The molecule has 2 amide bonds. The van der Waals surface area contributed by atoms with E-state index in [1.165, 1.54) is 5.69 Å². The number of piperazine rings is 1. The highest BCUT2D eigenvalue weighted by atomic mass is 16.5. The minimum absolute atomic E-state index is 0.0364. The number of anilines is 3. The molecule has 1 N–H and O–H groups in total. The van der Waals surface area contributed by atoms with Gasteiger partial charge in [-0.05, 0) is 55.6 Å². The van der Waals surface area contributed by atoms with Gasteiger partial charge in [0.2, 0.25) is 11.8 Å². The number of carbonyl (C=O) groups is 2. The van der Waals surface area contributed by atoms with Crippen molar-refractivity contribution in [3.05, 3.63) is 48.5 Å². The summed E-state index contributed by atoms with van der Waals surface area (Å²) >= 11 is 0. The number of hydrogen-bond acceptors (Lipinski definition) is 5. The fraction of sp³-hybridized carbons (Fsp3) is 0.391. The Morgan fingerprint density at radius 1 is 0.967 bits per heavy atom. The quantitative estimate of drug-likeness (QED) is 0.823. The smallest absolute Gasteiger partial charge is 0.229 e. The monoisotopic (exact) mass is 408 g/mol. The summed E-state index contributed by atoms with van der Waals surface area (Å²) in [7, 11) is 3.74. The summed E-state index contributed by atoms with van der Waals surface area (Å²) in [6.45, 7) is 4.51. The van der Waals surface area contributed by atoms with E-state index >= 15 is 0 Å². The molecule has 1 atom stereocenters. The number of likely N-dealkylation sites (N-methyl/N-ethyl adjacent to an activating group) is 1. The normalized spacial score (nSPS) is 19.8. The maximum atomic E-state index is 12.7.